The van der Waals surface area contributed by atoms with Gasteiger partial charge in [-0.1, -0.05) is 35.3 Å². The molecular weight excluding hydrogens is 1110 g/mol. The Morgan fingerprint density at radius 3 is 1.91 bits per heavy atom. The molecule has 25 nitrogen and oxygen atoms in total. The van der Waals surface area contributed by atoms with Crippen molar-refractivity contribution in [3.05, 3.63) is 75.9 Å². The van der Waals surface area contributed by atoms with Crippen LogP contribution in [0.1, 0.15) is 49.2 Å². The number of unbranched alkanes of at least 4 members (excludes halogenated alkanes) is 1. The van der Waals surface area contributed by atoms with E-state index in [0.717, 1.165) is 0 Å². The van der Waals surface area contributed by atoms with E-state index in [4.69, 9.17) is 48.2 Å². The second-order valence-electron chi connectivity index (χ2n) is 20.9. The number of halogens is 2. The fourth-order valence-electron chi connectivity index (χ4n) is 9.98. The molecule has 0 unspecified atom stereocenters. The molecule has 0 bridgehead atoms. The molecule has 5 amide bonds. The number of carboxylic acid groups (broad SMARTS) is 3. The van der Waals surface area contributed by atoms with Crippen molar-refractivity contribution in [1.29, 1.82) is 0 Å². The zero-order chi connectivity index (χ0) is 59.1. The Balaban J connectivity index is 0.889. The maximum absolute atomic E-state index is 14.4. The second-order valence-corrected chi connectivity index (χ2v) is 21.7. The quantitative estimate of drug-likeness (QED) is 0.0525. The number of aromatic nitrogens is 2. The summed E-state index contributed by atoms with van der Waals surface area (Å²) in [7, 11) is 1.54. The Morgan fingerprint density at radius 2 is 1.33 bits per heavy atom. The first-order valence-corrected chi connectivity index (χ1v) is 27.8. The molecule has 3 aromatic carbocycles. The van der Waals surface area contributed by atoms with Crippen molar-refractivity contribution >= 4 is 70.5 Å². The van der Waals surface area contributed by atoms with E-state index in [-0.39, 0.29) is 103 Å². The number of anilines is 1. The first-order valence-electron chi connectivity index (χ1n) is 27.0. The van der Waals surface area contributed by atoms with Crippen LogP contribution in [-0.4, -0.2) is 228 Å². The molecule has 4 heterocycles. The standard InChI is InChI=1S/C55H72Cl2N12O13/c1-55(2)34-81-22-21-68(55)53(78)50-42-33-82-45-28-44(80-3)40(27-41(45)51(42)69(63-50)39-25-36(56)24-37(57)26-39)35-7-6-8-38(23-35)62-54(79)61-12-11-60-52(77)43(58)9-4-5-10-59-46(70)29-64-13-15-65(30-47(71)72)17-19-67(32-49(75)76)20-18-66(16-14-64)31-48(73)74/h6-8,23-28,43H,4-5,9-22,29-34,58H2,1-3H3,(H,59,70)(H,60,77)(H,71,72)(H,73,74)(H,75,76)(H2,61,62,79)/t43-/m1/s1. The number of fused-ring (bicyclic) bond motifs is 3. The van der Waals surface area contributed by atoms with Crippen LogP contribution in [0.15, 0.2) is 54.6 Å². The number of ether oxygens (including phenoxy) is 3. The Labute approximate surface area is 484 Å². The highest BCUT2D eigenvalue weighted by molar-refractivity contribution is 6.34. The number of nitrogens with two attached hydrogens (primary N) is 1. The average molecular weight is 1180 g/mol. The van der Waals surface area contributed by atoms with E-state index in [1.807, 2.05) is 30.9 Å². The van der Waals surface area contributed by atoms with Gasteiger partial charge in [0.15, 0.2) is 5.69 Å². The van der Waals surface area contributed by atoms with Crippen LogP contribution in [0.3, 0.4) is 0 Å². The second kappa shape index (κ2) is 29.2. The van der Waals surface area contributed by atoms with Crippen molar-refractivity contribution < 1.29 is 63.1 Å². The number of morpholine rings is 1. The van der Waals surface area contributed by atoms with Crippen LogP contribution in [-0.2, 0) is 35.3 Å². The molecule has 1 aromatic heterocycles. The predicted molar refractivity (Wildman–Crippen MR) is 305 cm³/mol. The molecule has 3 aliphatic heterocycles. The van der Waals surface area contributed by atoms with Crippen LogP contribution >= 0.6 is 23.2 Å². The molecule has 82 heavy (non-hydrogen) atoms. The number of carbonyl (C=O) groups excluding carboxylic acids is 4. The number of benzene rings is 3. The third kappa shape index (κ3) is 17.5. The van der Waals surface area contributed by atoms with Crippen molar-refractivity contribution in [2.24, 2.45) is 5.73 Å². The number of methoxy groups -OCH3 is 1. The fourth-order valence-corrected chi connectivity index (χ4v) is 10.5. The number of aliphatic carboxylic acids is 3. The van der Waals surface area contributed by atoms with Crippen LogP contribution in [0.2, 0.25) is 10.0 Å². The monoisotopic (exact) mass is 1180 g/mol. The molecule has 4 aromatic rings. The lowest BCUT2D eigenvalue weighted by molar-refractivity contribution is -0.140. The van der Waals surface area contributed by atoms with Crippen molar-refractivity contribution in [3.8, 4) is 39.6 Å². The summed E-state index contributed by atoms with van der Waals surface area (Å²) in [6.45, 7) is 7.00. The van der Waals surface area contributed by atoms with Crippen molar-refractivity contribution in [3.63, 3.8) is 0 Å². The maximum Gasteiger partial charge on any atom is 0.319 e. The summed E-state index contributed by atoms with van der Waals surface area (Å²) in [6, 6.07) is 14.5. The van der Waals surface area contributed by atoms with Gasteiger partial charge in [0, 0.05) is 117 Å². The largest absolute Gasteiger partial charge is 0.496 e. The molecule has 27 heteroatoms. The van der Waals surface area contributed by atoms with Gasteiger partial charge in [-0.05, 0) is 75.1 Å². The number of amides is 5. The lowest BCUT2D eigenvalue weighted by Gasteiger charge is -2.41. The van der Waals surface area contributed by atoms with Gasteiger partial charge in [-0.3, -0.25) is 48.4 Å². The summed E-state index contributed by atoms with van der Waals surface area (Å²) in [5, 5.41) is 45.3. The number of carbonyl (C=O) groups is 7. The van der Waals surface area contributed by atoms with Gasteiger partial charge in [0.2, 0.25) is 11.8 Å². The predicted octanol–water partition coefficient (Wildman–Crippen LogP) is 2.99. The molecule has 0 radical (unpaired) electrons. The number of rotatable bonds is 22. The van der Waals surface area contributed by atoms with Crippen LogP contribution in [0.25, 0.3) is 28.1 Å². The first kappa shape index (κ1) is 62.5. The lowest BCUT2D eigenvalue weighted by atomic mass is 9.95. The molecule has 0 saturated carbocycles. The molecule has 0 aliphatic carbocycles. The van der Waals surface area contributed by atoms with E-state index in [9.17, 15) is 48.9 Å². The topological polar surface area (TPSA) is 316 Å². The van der Waals surface area contributed by atoms with E-state index in [1.165, 1.54) is 0 Å². The number of hydrogen-bond donors (Lipinski definition) is 8. The molecule has 2 saturated heterocycles. The van der Waals surface area contributed by atoms with Gasteiger partial charge in [-0.2, -0.15) is 5.10 Å². The summed E-state index contributed by atoms with van der Waals surface area (Å²) in [6.07, 6.45) is 1.38. The van der Waals surface area contributed by atoms with Gasteiger partial charge in [-0.25, -0.2) is 9.48 Å². The van der Waals surface area contributed by atoms with Gasteiger partial charge in [0.1, 0.15) is 18.1 Å². The minimum absolute atomic E-state index is 0.0194. The van der Waals surface area contributed by atoms with Crippen LogP contribution in [0, 0.1) is 0 Å². The molecule has 2 fully saturated rings. The van der Waals surface area contributed by atoms with E-state index in [1.54, 1.807) is 73.9 Å². The third-order valence-corrected chi connectivity index (χ3v) is 14.6. The number of nitrogens with one attached hydrogen (secondary N) is 4. The fraction of sp³-hybridized carbons (Fsp3) is 0.491. The smallest absolute Gasteiger partial charge is 0.319 e. The zero-order valence-electron chi connectivity index (χ0n) is 46.2. The number of nitrogens with zero attached hydrogens (tertiary/aromatic N) is 7. The van der Waals surface area contributed by atoms with E-state index >= 15 is 0 Å². The number of urea groups is 1. The Bertz CT molecular complexity index is 2910. The van der Waals surface area contributed by atoms with E-state index < -0.39 is 41.4 Å². The minimum atomic E-state index is -1.04. The highest BCUT2D eigenvalue weighted by atomic mass is 35.5. The summed E-state index contributed by atoms with van der Waals surface area (Å²) in [4.78, 5) is 96.8. The molecule has 7 rings (SSSR count). The Hall–Kier alpha value is -7.10. The van der Waals surface area contributed by atoms with E-state index in [2.05, 4.69) is 21.3 Å². The molecule has 0 spiro atoms. The highest BCUT2D eigenvalue weighted by Crippen LogP contribution is 2.47. The van der Waals surface area contributed by atoms with Gasteiger partial charge in [0.25, 0.3) is 5.91 Å². The van der Waals surface area contributed by atoms with Crippen molar-refractivity contribution in [2.45, 2.75) is 51.3 Å². The van der Waals surface area contributed by atoms with Crippen LogP contribution < -0.4 is 36.5 Å². The summed E-state index contributed by atoms with van der Waals surface area (Å²) in [5.41, 5.74) is 9.97. The third-order valence-electron chi connectivity index (χ3n) is 14.2. The molecule has 3 aliphatic rings. The maximum atomic E-state index is 14.4. The summed E-state index contributed by atoms with van der Waals surface area (Å²) < 4.78 is 19.6. The molecule has 9 N–H and O–H groups in total. The first-order chi connectivity index (χ1) is 39.2. The number of hydrogen-bond acceptors (Lipinski definition) is 16. The van der Waals surface area contributed by atoms with Gasteiger partial charge in [0.05, 0.1) is 69.5 Å². The molecule has 1 atom stereocenters. The van der Waals surface area contributed by atoms with Gasteiger partial charge < -0.3 is 61.4 Å². The van der Waals surface area contributed by atoms with Crippen LogP contribution in [0.5, 0.6) is 11.5 Å². The summed E-state index contributed by atoms with van der Waals surface area (Å²) in [5.74, 6) is -3.10. The van der Waals surface area contributed by atoms with Crippen molar-refractivity contribution in [1.82, 2.24) is 50.2 Å². The Morgan fingerprint density at radius 1 is 0.732 bits per heavy atom. The minimum Gasteiger partial charge on any atom is -0.496 e. The van der Waals surface area contributed by atoms with Crippen molar-refractivity contribution in [2.75, 3.05) is 130 Å². The van der Waals surface area contributed by atoms with E-state index in [0.29, 0.717) is 120 Å². The zero-order valence-corrected chi connectivity index (χ0v) is 47.7. The van der Waals surface area contributed by atoms with Crippen LogP contribution in [0.4, 0.5) is 10.5 Å². The lowest BCUT2D eigenvalue weighted by Crippen LogP contribution is -2.55. The molecule has 444 valence electrons. The van der Waals surface area contributed by atoms with Gasteiger partial charge >= 0.3 is 23.9 Å². The SMILES string of the molecule is COc1cc2c(cc1-c1cccc(NC(=O)NCCNC(=O)[C@H](N)CCCCNC(=O)CN3CCN(CC(=O)O)CCN(CC(=O)O)CCN(CC(=O)O)CC3)c1)-c1c(c(C(=O)N3CCOCC3(C)C)nn1-c1cc(Cl)cc(Cl)c1)CO2. The normalized spacial score (nSPS) is 16.7. The molecular formula is C55H72Cl2N12O13. The summed E-state index contributed by atoms with van der Waals surface area (Å²) >= 11 is 13.0. The average Bonchev–Trinajstić information content (AvgIpc) is 2.27. The van der Waals surface area contributed by atoms with Gasteiger partial charge in [-0.15, -0.1) is 0 Å². The highest BCUT2D eigenvalue weighted by Gasteiger charge is 2.39. The Kier molecular flexibility index (Phi) is 22.3. The number of carboxylic acids is 3.